The summed E-state index contributed by atoms with van der Waals surface area (Å²) in [5.74, 6) is 0.748. The number of hydrogen-bond acceptors (Lipinski definition) is 3. The largest absolute Gasteiger partial charge is 0.305 e. The third-order valence-corrected chi connectivity index (χ3v) is 6.11. The highest BCUT2D eigenvalue weighted by Crippen LogP contribution is 2.34. The van der Waals surface area contributed by atoms with Gasteiger partial charge in [0.25, 0.3) is 0 Å². The lowest BCUT2D eigenvalue weighted by Crippen LogP contribution is -2.03. The van der Waals surface area contributed by atoms with Crippen molar-refractivity contribution in [1.29, 1.82) is 0 Å². The summed E-state index contributed by atoms with van der Waals surface area (Å²) in [7, 11) is 0. The van der Waals surface area contributed by atoms with Crippen LogP contribution in [0.4, 0.5) is 4.39 Å². The van der Waals surface area contributed by atoms with Crippen molar-refractivity contribution in [3.8, 4) is 27.6 Å². The summed E-state index contributed by atoms with van der Waals surface area (Å²) in [5.41, 5.74) is 3.22. The molecule has 0 saturated carbocycles. The number of aromatic nitrogens is 3. The molecule has 0 atom stereocenters. The summed E-state index contributed by atoms with van der Waals surface area (Å²) in [4.78, 5) is 10.5. The lowest BCUT2D eigenvalue weighted by atomic mass is 10.1. The van der Waals surface area contributed by atoms with Crippen molar-refractivity contribution >= 4 is 33.8 Å². The van der Waals surface area contributed by atoms with Crippen molar-refractivity contribution in [3.63, 3.8) is 0 Å². The highest BCUT2D eigenvalue weighted by atomic mass is 35.5. The van der Waals surface area contributed by atoms with E-state index in [1.165, 1.54) is 17.4 Å². The average molecular weight is 420 g/mol. The van der Waals surface area contributed by atoms with Gasteiger partial charge in [-0.25, -0.2) is 14.4 Å². The van der Waals surface area contributed by atoms with Crippen LogP contribution in [-0.4, -0.2) is 14.5 Å². The minimum Gasteiger partial charge on any atom is -0.305 e. The molecule has 0 bridgehead atoms. The molecule has 3 heterocycles. The SMILES string of the molecule is Cc1cccn1-c1nc(-c2ccccc2F)nc2ccc(-c3ccc(Cl)s3)cc12. The molecule has 0 amide bonds. The van der Waals surface area contributed by atoms with E-state index >= 15 is 0 Å². The Morgan fingerprint density at radius 2 is 1.83 bits per heavy atom. The van der Waals surface area contributed by atoms with Gasteiger partial charge in [0.1, 0.15) is 11.6 Å². The van der Waals surface area contributed by atoms with Crippen molar-refractivity contribution in [2.24, 2.45) is 0 Å². The molecule has 0 saturated heterocycles. The zero-order valence-electron chi connectivity index (χ0n) is 15.4. The smallest absolute Gasteiger partial charge is 0.165 e. The van der Waals surface area contributed by atoms with Gasteiger partial charge in [-0.15, -0.1) is 11.3 Å². The Labute approximate surface area is 176 Å². The monoisotopic (exact) mass is 419 g/mol. The van der Waals surface area contributed by atoms with Gasteiger partial charge < -0.3 is 4.57 Å². The van der Waals surface area contributed by atoms with Crippen LogP contribution in [-0.2, 0) is 0 Å². The second-order valence-electron chi connectivity index (χ2n) is 6.71. The molecule has 0 aliphatic heterocycles. The maximum absolute atomic E-state index is 14.4. The summed E-state index contributed by atoms with van der Waals surface area (Å²) in [6.45, 7) is 2.01. The van der Waals surface area contributed by atoms with Crippen LogP contribution in [0.1, 0.15) is 5.69 Å². The molecule has 5 aromatic rings. The van der Waals surface area contributed by atoms with Crippen LogP contribution in [0.3, 0.4) is 0 Å². The van der Waals surface area contributed by atoms with Crippen molar-refractivity contribution in [2.45, 2.75) is 6.92 Å². The van der Waals surface area contributed by atoms with E-state index in [4.69, 9.17) is 16.6 Å². The van der Waals surface area contributed by atoms with E-state index in [0.717, 1.165) is 37.2 Å². The molecule has 0 aliphatic carbocycles. The van der Waals surface area contributed by atoms with Crippen LogP contribution in [0.2, 0.25) is 4.34 Å². The summed E-state index contributed by atoms with van der Waals surface area (Å²) >= 11 is 7.65. The molecule has 0 aliphatic rings. The molecule has 0 N–H and O–H groups in total. The van der Waals surface area contributed by atoms with Gasteiger partial charge in [-0.05, 0) is 61.0 Å². The Kier molecular flexibility index (Phi) is 4.42. The van der Waals surface area contributed by atoms with Gasteiger partial charge in [0.05, 0.1) is 15.4 Å². The van der Waals surface area contributed by atoms with Crippen molar-refractivity contribution < 1.29 is 4.39 Å². The van der Waals surface area contributed by atoms with E-state index in [0.29, 0.717) is 11.4 Å². The molecule has 3 nitrogen and oxygen atoms in total. The fraction of sp³-hybridized carbons (Fsp3) is 0.0435. The molecule has 2 aromatic carbocycles. The topological polar surface area (TPSA) is 30.7 Å². The molecule has 5 rings (SSSR count). The minimum absolute atomic E-state index is 0.341. The van der Waals surface area contributed by atoms with Crippen LogP contribution >= 0.6 is 22.9 Å². The number of benzene rings is 2. The quantitative estimate of drug-likeness (QED) is 0.318. The van der Waals surface area contributed by atoms with Gasteiger partial charge >= 0.3 is 0 Å². The van der Waals surface area contributed by atoms with E-state index in [1.54, 1.807) is 18.2 Å². The average Bonchev–Trinajstić information content (AvgIpc) is 3.35. The molecule has 0 unspecified atom stereocenters. The van der Waals surface area contributed by atoms with E-state index in [-0.39, 0.29) is 5.82 Å². The summed E-state index contributed by atoms with van der Waals surface area (Å²) < 4.78 is 17.2. The number of fused-ring (bicyclic) bond motifs is 1. The number of thiophene rings is 1. The summed E-state index contributed by atoms with van der Waals surface area (Å²) in [6.07, 6.45) is 1.96. The molecule has 6 heteroatoms. The fourth-order valence-corrected chi connectivity index (χ4v) is 4.42. The van der Waals surface area contributed by atoms with Crippen LogP contribution in [0.15, 0.2) is 72.9 Å². The first-order valence-electron chi connectivity index (χ1n) is 9.07. The molecular weight excluding hydrogens is 405 g/mol. The van der Waals surface area contributed by atoms with Crippen LogP contribution < -0.4 is 0 Å². The summed E-state index contributed by atoms with van der Waals surface area (Å²) in [5, 5.41) is 0.895. The fourth-order valence-electron chi connectivity index (χ4n) is 3.39. The van der Waals surface area contributed by atoms with Gasteiger partial charge in [0.2, 0.25) is 0 Å². The maximum atomic E-state index is 14.4. The first kappa shape index (κ1) is 18.0. The molecule has 3 aromatic heterocycles. The van der Waals surface area contributed by atoms with Gasteiger partial charge in [-0.3, -0.25) is 0 Å². The first-order chi connectivity index (χ1) is 14.1. The number of aryl methyl sites for hydroxylation is 1. The highest BCUT2D eigenvalue weighted by Gasteiger charge is 2.15. The standard InChI is InChI=1S/C23H15ClFN3S/c1-14-5-4-12-28(14)23-17-13-15(20-10-11-21(24)29-20)8-9-19(17)26-22(27-23)16-6-2-3-7-18(16)25/h2-13H,1H3. The van der Waals surface area contributed by atoms with E-state index < -0.39 is 0 Å². The highest BCUT2D eigenvalue weighted by molar-refractivity contribution is 7.19. The van der Waals surface area contributed by atoms with E-state index in [1.807, 2.05) is 54.1 Å². The minimum atomic E-state index is -0.341. The number of nitrogens with zero attached hydrogens (tertiary/aromatic N) is 3. The molecule has 0 spiro atoms. The Balaban J connectivity index is 1.80. The van der Waals surface area contributed by atoms with Crippen molar-refractivity contribution in [3.05, 3.63) is 88.8 Å². The van der Waals surface area contributed by atoms with Gasteiger partial charge in [0.15, 0.2) is 5.82 Å². The van der Waals surface area contributed by atoms with Crippen LogP contribution in [0.5, 0.6) is 0 Å². The van der Waals surface area contributed by atoms with Crippen molar-refractivity contribution in [1.82, 2.24) is 14.5 Å². The normalized spacial score (nSPS) is 11.3. The molecular formula is C23H15ClFN3S. The number of rotatable bonds is 3. The first-order valence-corrected chi connectivity index (χ1v) is 10.3. The maximum Gasteiger partial charge on any atom is 0.165 e. The zero-order valence-corrected chi connectivity index (χ0v) is 17.0. The Bertz CT molecular complexity index is 1360. The van der Waals surface area contributed by atoms with Crippen LogP contribution in [0.25, 0.3) is 38.5 Å². The van der Waals surface area contributed by atoms with Gasteiger partial charge in [-0.2, -0.15) is 0 Å². The third-order valence-electron chi connectivity index (χ3n) is 4.83. The van der Waals surface area contributed by atoms with Crippen molar-refractivity contribution in [2.75, 3.05) is 0 Å². The lowest BCUT2D eigenvalue weighted by Gasteiger charge is -2.13. The van der Waals surface area contributed by atoms with E-state index in [9.17, 15) is 4.39 Å². The zero-order chi connectivity index (χ0) is 20.0. The predicted molar refractivity (Wildman–Crippen MR) is 117 cm³/mol. The summed E-state index contributed by atoms with van der Waals surface area (Å²) in [6, 6.07) is 20.5. The van der Waals surface area contributed by atoms with E-state index in [2.05, 4.69) is 11.1 Å². The van der Waals surface area contributed by atoms with Gasteiger partial charge in [-0.1, -0.05) is 29.8 Å². The second-order valence-corrected chi connectivity index (χ2v) is 8.42. The van der Waals surface area contributed by atoms with Gasteiger partial charge in [0, 0.05) is 22.2 Å². The Morgan fingerprint density at radius 1 is 0.966 bits per heavy atom. The van der Waals surface area contributed by atoms with Crippen LogP contribution in [0, 0.1) is 12.7 Å². The Morgan fingerprint density at radius 3 is 2.55 bits per heavy atom. The molecule has 29 heavy (non-hydrogen) atoms. The molecule has 142 valence electrons. The second kappa shape index (κ2) is 7.10. The lowest BCUT2D eigenvalue weighted by molar-refractivity contribution is 0.630. The number of halogens is 2. The predicted octanol–water partition coefficient (Wildman–Crippen LogP) is 6.92. The molecule has 0 radical (unpaired) electrons. The Hall–Kier alpha value is -3.02. The molecule has 0 fully saturated rings. The number of hydrogen-bond donors (Lipinski definition) is 0. The third kappa shape index (κ3) is 3.22.